The molecule has 1 atom stereocenters. The first kappa shape index (κ1) is 12.9. The fourth-order valence-electron chi connectivity index (χ4n) is 3.08. The molecule has 1 saturated carbocycles. The van der Waals surface area contributed by atoms with Gasteiger partial charge in [0.2, 0.25) is 5.91 Å². The Morgan fingerprint density at radius 2 is 1.65 bits per heavy atom. The molecular weight excluding hydrogens is 212 g/mol. The second kappa shape index (κ2) is 6.39. The Labute approximate surface area is 105 Å². The van der Waals surface area contributed by atoms with Gasteiger partial charge < -0.3 is 10.2 Å². The predicted molar refractivity (Wildman–Crippen MR) is 69.9 cm³/mol. The zero-order valence-corrected chi connectivity index (χ0v) is 11.1. The number of amides is 1. The lowest BCUT2D eigenvalue weighted by Gasteiger charge is -2.25. The summed E-state index contributed by atoms with van der Waals surface area (Å²) in [6, 6.07) is 0.579. The van der Waals surface area contributed by atoms with Crippen molar-refractivity contribution in [1.82, 2.24) is 10.2 Å². The van der Waals surface area contributed by atoms with Crippen LogP contribution in [0.2, 0.25) is 0 Å². The van der Waals surface area contributed by atoms with Gasteiger partial charge in [0.1, 0.15) is 0 Å². The van der Waals surface area contributed by atoms with E-state index in [-0.39, 0.29) is 6.04 Å². The van der Waals surface area contributed by atoms with Crippen molar-refractivity contribution in [3.8, 4) is 0 Å². The SMILES string of the molecule is CC(NC1CCCCCC1)C(=O)N1CCCC1. The average Bonchev–Trinajstić information content (AvgIpc) is 2.74. The third kappa shape index (κ3) is 3.70. The molecule has 0 aromatic carbocycles. The van der Waals surface area contributed by atoms with Crippen molar-refractivity contribution in [2.75, 3.05) is 13.1 Å². The minimum atomic E-state index is 0.0104. The van der Waals surface area contributed by atoms with Crippen LogP contribution in [0.15, 0.2) is 0 Å². The minimum Gasteiger partial charge on any atom is -0.341 e. The number of likely N-dealkylation sites (tertiary alicyclic amines) is 1. The average molecular weight is 238 g/mol. The van der Waals surface area contributed by atoms with Crippen molar-refractivity contribution in [1.29, 1.82) is 0 Å². The van der Waals surface area contributed by atoms with Crippen LogP contribution < -0.4 is 5.32 Å². The first-order valence-corrected chi connectivity index (χ1v) is 7.32. The summed E-state index contributed by atoms with van der Waals surface area (Å²) in [5.41, 5.74) is 0. The van der Waals surface area contributed by atoms with Gasteiger partial charge in [-0.15, -0.1) is 0 Å². The van der Waals surface area contributed by atoms with Crippen LogP contribution >= 0.6 is 0 Å². The van der Waals surface area contributed by atoms with Crippen molar-refractivity contribution in [3.05, 3.63) is 0 Å². The highest BCUT2D eigenvalue weighted by molar-refractivity contribution is 5.81. The van der Waals surface area contributed by atoms with Gasteiger partial charge in [0.15, 0.2) is 0 Å². The van der Waals surface area contributed by atoms with Crippen molar-refractivity contribution >= 4 is 5.91 Å². The molecule has 1 aliphatic carbocycles. The van der Waals surface area contributed by atoms with Crippen LogP contribution in [-0.2, 0) is 4.79 Å². The van der Waals surface area contributed by atoms with E-state index in [4.69, 9.17) is 0 Å². The molecule has 2 rings (SSSR count). The van der Waals surface area contributed by atoms with Gasteiger partial charge in [-0.3, -0.25) is 4.79 Å². The Morgan fingerprint density at radius 1 is 1.06 bits per heavy atom. The quantitative estimate of drug-likeness (QED) is 0.765. The van der Waals surface area contributed by atoms with E-state index in [0.29, 0.717) is 11.9 Å². The number of carbonyl (C=O) groups is 1. The number of hydrogen-bond donors (Lipinski definition) is 1. The first-order chi connectivity index (χ1) is 8.27. The van der Waals surface area contributed by atoms with Crippen LogP contribution in [0, 0.1) is 0 Å². The Kier molecular flexibility index (Phi) is 4.84. The van der Waals surface area contributed by atoms with Gasteiger partial charge in [-0.05, 0) is 32.6 Å². The number of rotatable bonds is 3. The topological polar surface area (TPSA) is 32.3 Å². The van der Waals surface area contributed by atoms with E-state index in [0.717, 1.165) is 13.1 Å². The Bertz CT molecular complexity index is 241. The second-order valence-corrected chi connectivity index (χ2v) is 5.61. The van der Waals surface area contributed by atoms with Crippen LogP contribution in [0.3, 0.4) is 0 Å². The van der Waals surface area contributed by atoms with E-state index >= 15 is 0 Å². The van der Waals surface area contributed by atoms with Crippen LogP contribution in [0.4, 0.5) is 0 Å². The summed E-state index contributed by atoms with van der Waals surface area (Å²) in [4.78, 5) is 14.2. The Balaban J connectivity index is 1.78. The first-order valence-electron chi connectivity index (χ1n) is 7.32. The van der Waals surface area contributed by atoms with Gasteiger partial charge in [0.05, 0.1) is 6.04 Å². The summed E-state index contributed by atoms with van der Waals surface area (Å²) in [6.07, 6.45) is 10.2. The van der Waals surface area contributed by atoms with Crippen LogP contribution in [0.5, 0.6) is 0 Å². The van der Waals surface area contributed by atoms with E-state index in [9.17, 15) is 4.79 Å². The molecule has 1 unspecified atom stereocenters. The van der Waals surface area contributed by atoms with Gasteiger partial charge in [-0.1, -0.05) is 25.7 Å². The highest BCUT2D eigenvalue weighted by Crippen LogP contribution is 2.18. The fourth-order valence-corrected chi connectivity index (χ4v) is 3.08. The monoisotopic (exact) mass is 238 g/mol. The lowest BCUT2D eigenvalue weighted by molar-refractivity contribution is -0.132. The molecular formula is C14H26N2O. The highest BCUT2D eigenvalue weighted by atomic mass is 16.2. The minimum absolute atomic E-state index is 0.0104. The van der Waals surface area contributed by atoms with Crippen LogP contribution in [0.25, 0.3) is 0 Å². The summed E-state index contributed by atoms with van der Waals surface area (Å²) in [5, 5.41) is 3.54. The van der Waals surface area contributed by atoms with Crippen molar-refractivity contribution in [3.63, 3.8) is 0 Å². The van der Waals surface area contributed by atoms with Crippen LogP contribution in [0.1, 0.15) is 58.3 Å². The molecule has 0 bridgehead atoms. The molecule has 3 heteroatoms. The molecule has 1 saturated heterocycles. The summed E-state index contributed by atoms with van der Waals surface area (Å²) in [5.74, 6) is 0.312. The lowest BCUT2D eigenvalue weighted by Crippen LogP contribution is -2.47. The molecule has 0 radical (unpaired) electrons. The van der Waals surface area contributed by atoms with E-state index in [1.807, 2.05) is 11.8 Å². The maximum Gasteiger partial charge on any atom is 0.239 e. The van der Waals surface area contributed by atoms with E-state index in [1.165, 1.54) is 51.4 Å². The lowest BCUT2D eigenvalue weighted by atomic mass is 10.1. The van der Waals surface area contributed by atoms with Crippen molar-refractivity contribution in [2.24, 2.45) is 0 Å². The molecule has 1 heterocycles. The molecule has 1 aliphatic heterocycles. The van der Waals surface area contributed by atoms with Gasteiger partial charge in [0, 0.05) is 19.1 Å². The molecule has 17 heavy (non-hydrogen) atoms. The van der Waals surface area contributed by atoms with E-state index in [2.05, 4.69) is 5.32 Å². The maximum absolute atomic E-state index is 12.2. The number of carbonyl (C=O) groups excluding carboxylic acids is 1. The molecule has 0 aromatic rings. The zero-order valence-electron chi connectivity index (χ0n) is 11.1. The maximum atomic E-state index is 12.2. The van der Waals surface area contributed by atoms with Gasteiger partial charge >= 0.3 is 0 Å². The summed E-state index contributed by atoms with van der Waals surface area (Å²) < 4.78 is 0. The molecule has 0 spiro atoms. The highest BCUT2D eigenvalue weighted by Gasteiger charge is 2.25. The molecule has 2 aliphatic rings. The van der Waals surface area contributed by atoms with Gasteiger partial charge in [0.25, 0.3) is 0 Å². The molecule has 3 nitrogen and oxygen atoms in total. The molecule has 1 amide bonds. The molecule has 1 N–H and O–H groups in total. The third-order valence-electron chi connectivity index (χ3n) is 4.13. The number of nitrogens with zero attached hydrogens (tertiary/aromatic N) is 1. The zero-order chi connectivity index (χ0) is 12.1. The van der Waals surface area contributed by atoms with E-state index < -0.39 is 0 Å². The molecule has 98 valence electrons. The largest absolute Gasteiger partial charge is 0.341 e. The standard InChI is InChI=1S/C14H26N2O/c1-12(14(17)16-10-6-7-11-16)15-13-8-4-2-3-5-9-13/h12-13,15H,2-11H2,1H3. The Morgan fingerprint density at radius 3 is 2.24 bits per heavy atom. The smallest absolute Gasteiger partial charge is 0.239 e. The van der Waals surface area contributed by atoms with Gasteiger partial charge in [-0.2, -0.15) is 0 Å². The number of hydrogen-bond acceptors (Lipinski definition) is 2. The third-order valence-corrected chi connectivity index (χ3v) is 4.13. The summed E-state index contributed by atoms with van der Waals surface area (Å²) >= 11 is 0. The summed E-state index contributed by atoms with van der Waals surface area (Å²) in [7, 11) is 0. The molecule has 0 aromatic heterocycles. The van der Waals surface area contributed by atoms with Crippen molar-refractivity contribution < 1.29 is 4.79 Å². The normalized spacial score (nSPS) is 24.6. The number of nitrogens with one attached hydrogen (secondary N) is 1. The molecule has 2 fully saturated rings. The van der Waals surface area contributed by atoms with E-state index in [1.54, 1.807) is 0 Å². The Hall–Kier alpha value is -0.570. The summed E-state index contributed by atoms with van der Waals surface area (Å²) in [6.45, 7) is 3.97. The van der Waals surface area contributed by atoms with Crippen molar-refractivity contribution in [2.45, 2.75) is 70.4 Å². The second-order valence-electron chi connectivity index (χ2n) is 5.61. The predicted octanol–water partition coefficient (Wildman–Crippen LogP) is 2.31. The van der Waals surface area contributed by atoms with Crippen LogP contribution in [-0.4, -0.2) is 36.0 Å². The fraction of sp³-hybridized carbons (Fsp3) is 0.929. The van der Waals surface area contributed by atoms with Gasteiger partial charge in [-0.25, -0.2) is 0 Å².